The molecule has 4 amide bonds. The molecule has 0 aliphatic heterocycles. The summed E-state index contributed by atoms with van der Waals surface area (Å²) in [5.41, 5.74) is 1.39. The van der Waals surface area contributed by atoms with E-state index in [1.807, 2.05) is 0 Å². The van der Waals surface area contributed by atoms with Crippen molar-refractivity contribution in [2.24, 2.45) is 0 Å². The standard InChI is InChI=1S/C36H40N4O11/c1-3-24-18-23(13-16-29(24)40(33(45)36(50)51)30-9-5-4-8-26(30)34(46)47)20-27(38-21(2)41)32(44)37-17-7-6-10-31(43)39-28(35(48)49)19-22-11-14-25(42)15-12-22/h4-5,8-9,11-16,18,27-28,42H,3,6-7,10,17,19-20H2,1-2H3,(H,37,44)(H,38,41)(H,39,43)(H,46,47)(H,48,49)(H,50,51)/t27?,28-/m0/s1. The fourth-order valence-corrected chi connectivity index (χ4v) is 5.33. The van der Waals surface area contributed by atoms with Crippen LogP contribution in [0.1, 0.15) is 60.2 Å². The molecule has 0 aromatic heterocycles. The number of aromatic hydroxyl groups is 1. The zero-order chi connectivity index (χ0) is 37.7. The monoisotopic (exact) mass is 704 g/mol. The maximum atomic E-state index is 13.1. The second kappa shape index (κ2) is 18.5. The van der Waals surface area contributed by atoms with Crippen molar-refractivity contribution < 1.29 is 54.0 Å². The highest BCUT2D eigenvalue weighted by Gasteiger charge is 2.30. The Hall–Kier alpha value is -6.25. The van der Waals surface area contributed by atoms with Gasteiger partial charge in [0, 0.05) is 32.7 Å². The van der Waals surface area contributed by atoms with Crippen LogP contribution in [-0.2, 0) is 48.0 Å². The number of aromatic carboxylic acids is 1. The number of carboxylic acid groups (broad SMARTS) is 3. The molecule has 15 nitrogen and oxygen atoms in total. The molecule has 0 saturated heterocycles. The van der Waals surface area contributed by atoms with E-state index in [0.717, 1.165) is 4.90 Å². The van der Waals surface area contributed by atoms with Crippen molar-refractivity contribution in [3.63, 3.8) is 0 Å². The van der Waals surface area contributed by atoms with Crippen molar-refractivity contribution >= 4 is 52.9 Å². The quantitative estimate of drug-likeness (QED) is 0.0796. The van der Waals surface area contributed by atoms with Crippen LogP contribution in [0.15, 0.2) is 66.7 Å². The summed E-state index contributed by atoms with van der Waals surface area (Å²) in [6, 6.07) is 14.0. The summed E-state index contributed by atoms with van der Waals surface area (Å²) in [4.78, 5) is 86.6. The minimum atomic E-state index is -1.79. The number of phenolic OH excluding ortho intramolecular Hbond substituents is 1. The van der Waals surface area contributed by atoms with E-state index in [9.17, 15) is 54.0 Å². The minimum Gasteiger partial charge on any atom is -0.508 e. The molecule has 270 valence electrons. The average molecular weight is 705 g/mol. The number of aliphatic carboxylic acids is 2. The molecule has 0 fully saturated rings. The first-order valence-electron chi connectivity index (χ1n) is 16.1. The Morgan fingerprint density at radius 3 is 2.02 bits per heavy atom. The highest BCUT2D eigenvalue weighted by atomic mass is 16.4. The Balaban J connectivity index is 1.65. The molecule has 1 unspecified atom stereocenters. The van der Waals surface area contributed by atoms with Crippen molar-refractivity contribution in [1.29, 1.82) is 0 Å². The topological polar surface area (TPSA) is 240 Å². The van der Waals surface area contributed by atoms with Crippen LogP contribution in [0.2, 0.25) is 0 Å². The number of carboxylic acids is 3. The summed E-state index contributed by atoms with van der Waals surface area (Å²) in [7, 11) is 0. The van der Waals surface area contributed by atoms with Gasteiger partial charge in [0.1, 0.15) is 17.8 Å². The summed E-state index contributed by atoms with van der Waals surface area (Å²) >= 11 is 0. The van der Waals surface area contributed by atoms with E-state index in [4.69, 9.17) is 0 Å². The van der Waals surface area contributed by atoms with Crippen molar-refractivity contribution in [2.75, 3.05) is 11.4 Å². The smallest absolute Gasteiger partial charge is 0.395 e. The van der Waals surface area contributed by atoms with Gasteiger partial charge in [-0.25, -0.2) is 14.4 Å². The molecule has 0 spiro atoms. The van der Waals surface area contributed by atoms with Crippen LogP contribution in [0.25, 0.3) is 0 Å². The fraction of sp³-hybridized carbons (Fsp3) is 0.306. The zero-order valence-corrected chi connectivity index (χ0v) is 28.0. The summed E-state index contributed by atoms with van der Waals surface area (Å²) < 4.78 is 0. The zero-order valence-electron chi connectivity index (χ0n) is 28.0. The Morgan fingerprint density at radius 2 is 1.41 bits per heavy atom. The van der Waals surface area contributed by atoms with Gasteiger partial charge >= 0.3 is 23.8 Å². The van der Waals surface area contributed by atoms with E-state index in [2.05, 4.69) is 16.0 Å². The van der Waals surface area contributed by atoms with Gasteiger partial charge in [-0.2, -0.15) is 0 Å². The minimum absolute atomic E-state index is 0.00876. The third kappa shape index (κ3) is 11.4. The Bertz CT molecular complexity index is 1770. The van der Waals surface area contributed by atoms with E-state index in [1.165, 1.54) is 49.4 Å². The summed E-state index contributed by atoms with van der Waals surface area (Å²) in [5, 5.41) is 46.0. The molecule has 7 N–H and O–H groups in total. The number of hydrogen-bond acceptors (Lipinski definition) is 8. The largest absolute Gasteiger partial charge is 0.508 e. The number of nitrogens with one attached hydrogen (secondary N) is 3. The van der Waals surface area contributed by atoms with Gasteiger partial charge in [0.05, 0.1) is 16.9 Å². The fourth-order valence-electron chi connectivity index (χ4n) is 5.33. The van der Waals surface area contributed by atoms with Crippen LogP contribution in [0.4, 0.5) is 11.4 Å². The second-order valence-corrected chi connectivity index (χ2v) is 11.6. The van der Waals surface area contributed by atoms with Crippen LogP contribution in [0.3, 0.4) is 0 Å². The summed E-state index contributed by atoms with van der Waals surface area (Å²) in [5.74, 6) is -7.14. The first-order valence-corrected chi connectivity index (χ1v) is 16.1. The number of carbonyl (C=O) groups excluding carboxylic acids is 4. The number of unbranched alkanes of at least 4 members (excludes halogenated alkanes) is 1. The highest BCUT2D eigenvalue weighted by Crippen LogP contribution is 2.33. The molecule has 2 atom stereocenters. The SMILES string of the molecule is CCc1cc(CC(NC(C)=O)C(=O)NCCCCC(=O)N[C@@H](Cc2ccc(O)cc2)C(=O)O)ccc1N(C(=O)C(=O)O)c1ccccc1C(=O)O. The van der Waals surface area contributed by atoms with E-state index < -0.39 is 53.6 Å². The lowest BCUT2D eigenvalue weighted by atomic mass is 9.99. The molecular formula is C36H40N4O11. The molecule has 3 aromatic carbocycles. The van der Waals surface area contributed by atoms with E-state index in [0.29, 0.717) is 36.0 Å². The lowest BCUT2D eigenvalue weighted by molar-refractivity contribution is -0.148. The molecule has 0 aliphatic carbocycles. The number of aryl methyl sites for hydroxylation is 1. The number of phenols is 1. The number of carbonyl (C=O) groups is 7. The lowest BCUT2D eigenvalue weighted by Crippen LogP contribution is -2.47. The summed E-state index contributed by atoms with van der Waals surface area (Å²) in [6.07, 6.45) is 1.08. The van der Waals surface area contributed by atoms with Gasteiger partial charge in [0.2, 0.25) is 17.7 Å². The van der Waals surface area contributed by atoms with Crippen LogP contribution in [-0.4, -0.2) is 80.6 Å². The Morgan fingerprint density at radius 1 is 0.765 bits per heavy atom. The van der Waals surface area contributed by atoms with Gasteiger partial charge in [0.25, 0.3) is 0 Å². The van der Waals surface area contributed by atoms with Gasteiger partial charge in [0.15, 0.2) is 0 Å². The predicted molar refractivity (Wildman–Crippen MR) is 184 cm³/mol. The molecule has 3 aromatic rings. The maximum Gasteiger partial charge on any atom is 0.395 e. The van der Waals surface area contributed by atoms with Crippen molar-refractivity contribution in [3.8, 4) is 5.75 Å². The van der Waals surface area contributed by atoms with Crippen LogP contribution >= 0.6 is 0 Å². The Labute approximate surface area is 293 Å². The number of benzene rings is 3. The normalized spacial score (nSPS) is 11.8. The molecule has 0 saturated carbocycles. The first-order chi connectivity index (χ1) is 24.2. The van der Waals surface area contributed by atoms with E-state index in [1.54, 1.807) is 31.2 Å². The second-order valence-electron chi connectivity index (χ2n) is 11.6. The molecule has 3 rings (SSSR count). The molecule has 0 aliphatic rings. The van der Waals surface area contributed by atoms with Crippen LogP contribution < -0.4 is 20.9 Å². The van der Waals surface area contributed by atoms with Gasteiger partial charge in [-0.05, 0) is 66.3 Å². The molecule has 0 bridgehead atoms. The first kappa shape index (κ1) is 39.2. The molecule has 15 heteroatoms. The van der Waals surface area contributed by atoms with Gasteiger partial charge in [-0.15, -0.1) is 0 Å². The number of para-hydroxylation sites is 1. The van der Waals surface area contributed by atoms with E-state index >= 15 is 0 Å². The third-order valence-electron chi connectivity index (χ3n) is 7.80. The van der Waals surface area contributed by atoms with Crippen molar-refractivity contribution in [3.05, 3.63) is 89.0 Å². The van der Waals surface area contributed by atoms with Crippen molar-refractivity contribution in [1.82, 2.24) is 16.0 Å². The maximum absolute atomic E-state index is 13.1. The number of rotatable bonds is 17. The number of anilines is 2. The molecule has 0 heterocycles. The molecule has 0 radical (unpaired) electrons. The third-order valence-corrected chi connectivity index (χ3v) is 7.80. The van der Waals surface area contributed by atoms with Crippen LogP contribution in [0.5, 0.6) is 5.75 Å². The van der Waals surface area contributed by atoms with Crippen molar-refractivity contribution in [2.45, 2.75) is 64.5 Å². The average Bonchev–Trinajstić information content (AvgIpc) is 3.08. The van der Waals surface area contributed by atoms with Gasteiger partial charge in [-0.3, -0.25) is 24.1 Å². The van der Waals surface area contributed by atoms with Gasteiger partial charge in [-0.1, -0.05) is 43.3 Å². The highest BCUT2D eigenvalue weighted by molar-refractivity contribution is 6.39. The summed E-state index contributed by atoms with van der Waals surface area (Å²) in [6.45, 7) is 3.16. The number of amides is 4. The lowest BCUT2D eigenvalue weighted by Gasteiger charge is -2.26. The number of hydrogen-bond donors (Lipinski definition) is 7. The van der Waals surface area contributed by atoms with Gasteiger partial charge < -0.3 is 36.4 Å². The molecule has 51 heavy (non-hydrogen) atoms. The van der Waals surface area contributed by atoms with Crippen LogP contribution in [0, 0.1) is 0 Å². The predicted octanol–water partition coefficient (Wildman–Crippen LogP) is 2.55. The number of nitrogens with zero attached hydrogens (tertiary/aromatic N) is 1. The Kier molecular flexibility index (Phi) is 14.2. The molecular weight excluding hydrogens is 664 g/mol. The van der Waals surface area contributed by atoms with E-state index in [-0.39, 0.29) is 48.5 Å².